The molecule has 0 aliphatic rings. The molecule has 1 aromatic carbocycles. The van der Waals surface area contributed by atoms with E-state index in [2.05, 4.69) is 25.2 Å². The number of carbonyl (C=O) groups is 1. The van der Waals surface area contributed by atoms with Gasteiger partial charge in [-0.25, -0.2) is 0 Å². The molecule has 0 saturated carbocycles. The van der Waals surface area contributed by atoms with Crippen LogP contribution < -0.4 is 10.2 Å². The van der Waals surface area contributed by atoms with Crippen LogP contribution in [0.1, 0.15) is 19.4 Å². The number of benzene rings is 1. The third-order valence-corrected chi connectivity index (χ3v) is 2.50. The summed E-state index contributed by atoms with van der Waals surface area (Å²) in [5.74, 6) is 0.440. The minimum Gasteiger partial charge on any atom is -0.365 e. The highest BCUT2D eigenvalue weighted by Crippen LogP contribution is 2.13. The molecule has 0 aromatic heterocycles. The molecule has 0 aliphatic carbocycles. The summed E-state index contributed by atoms with van der Waals surface area (Å²) in [6, 6.07) is 9.31. The van der Waals surface area contributed by atoms with E-state index in [0.29, 0.717) is 24.6 Å². The maximum Gasteiger partial charge on any atom is 0.239 e. The van der Waals surface area contributed by atoms with Crippen LogP contribution in [-0.2, 0) is 4.79 Å². The molecule has 0 aliphatic heterocycles. The Morgan fingerprint density at radius 3 is 2.83 bits per heavy atom. The van der Waals surface area contributed by atoms with Crippen molar-refractivity contribution in [2.75, 3.05) is 25.0 Å². The lowest BCUT2D eigenvalue weighted by molar-refractivity contribution is -0.119. The molecule has 0 bridgehead atoms. The van der Waals surface area contributed by atoms with Crippen molar-refractivity contribution in [3.05, 3.63) is 29.8 Å². The fourth-order valence-electron chi connectivity index (χ4n) is 1.49. The van der Waals surface area contributed by atoms with Crippen molar-refractivity contribution in [1.82, 2.24) is 5.32 Å². The summed E-state index contributed by atoms with van der Waals surface area (Å²) in [4.78, 5) is 13.5. The summed E-state index contributed by atoms with van der Waals surface area (Å²) in [5.41, 5.74) is 1.47. The summed E-state index contributed by atoms with van der Waals surface area (Å²) in [7, 11) is 1.84. The molecule has 0 atom stereocenters. The number of nitrogens with one attached hydrogen (secondary N) is 1. The normalized spacial score (nSPS) is 9.94. The maximum atomic E-state index is 11.7. The molecule has 4 heteroatoms. The minimum absolute atomic E-state index is 0.00596. The smallest absolute Gasteiger partial charge is 0.239 e. The van der Waals surface area contributed by atoms with E-state index < -0.39 is 0 Å². The fourth-order valence-corrected chi connectivity index (χ4v) is 1.49. The van der Waals surface area contributed by atoms with E-state index >= 15 is 0 Å². The van der Waals surface area contributed by atoms with Crippen LogP contribution in [0.5, 0.6) is 0 Å². The molecule has 0 unspecified atom stereocenters. The Bertz CT molecular complexity index is 449. The number of likely N-dealkylation sites (N-methyl/N-ethyl adjacent to an activating group) is 1. The van der Waals surface area contributed by atoms with Gasteiger partial charge >= 0.3 is 0 Å². The molecule has 0 saturated heterocycles. The first kappa shape index (κ1) is 14.0. The lowest BCUT2D eigenvalue weighted by atomic mass is 10.2. The highest BCUT2D eigenvalue weighted by Gasteiger charge is 2.08. The molecular weight excluding hydrogens is 226 g/mol. The Morgan fingerprint density at radius 2 is 2.22 bits per heavy atom. The summed E-state index contributed by atoms with van der Waals surface area (Å²) < 4.78 is 0. The lowest BCUT2D eigenvalue weighted by Gasteiger charge is -2.19. The Morgan fingerprint density at radius 1 is 1.50 bits per heavy atom. The number of hydrogen-bond donors (Lipinski definition) is 1. The van der Waals surface area contributed by atoms with Crippen LogP contribution in [0, 0.1) is 17.2 Å². The molecule has 18 heavy (non-hydrogen) atoms. The number of rotatable bonds is 5. The molecule has 1 N–H and O–H groups in total. The second-order valence-corrected chi connectivity index (χ2v) is 4.72. The Labute approximate surface area is 108 Å². The summed E-state index contributed by atoms with van der Waals surface area (Å²) in [5, 5.41) is 11.7. The number of hydrogen-bond acceptors (Lipinski definition) is 3. The summed E-state index contributed by atoms with van der Waals surface area (Å²) >= 11 is 0. The molecule has 1 aromatic rings. The first-order chi connectivity index (χ1) is 8.52. The van der Waals surface area contributed by atoms with E-state index in [1.807, 2.05) is 24.1 Å². The van der Waals surface area contributed by atoms with Gasteiger partial charge in [0.15, 0.2) is 0 Å². The van der Waals surface area contributed by atoms with Crippen molar-refractivity contribution >= 4 is 11.6 Å². The van der Waals surface area contributed by atoms with Crippen LogP contribution in [0.4, 0.5) is 5.69 Å². The predicted molar refractivity (Wildman–Crippen MR) is 72.3 cm³/mol. The average molecular weight is 245 g/mol. The Kier molecular flexibility index (Phi) is 5.19. The number of anilines is 1. The van der Waals surface area contributed by atoms with E-state index in [4.69, 9.17) is 5.26 Å². The van der Waals surface area contributed by atoms with Gasteiger partial charge in [-0.1, -0.05) is 19.9 Å². The van der Waals surface area contributed by atoms with E-state index in [9.17, 15) is 4.79 Å². The summed E-state index contributed by atoms with van der Waals surface area (Å²) in [6.07, 6.45) is 0. The third kappa shape index (κ3) is 4.46. The zero-order valence-electron chi connectivity index (χ0n) is 11.1. The molecule has 4 nitrogen and oxygen atoms in total. The third-order valence-electron chi connectivity index (χ3n) is 2.50. The second kappa shape index (κ2) is 6.65. The molecular formula is C14H19N3O. The first-order valence-corrected chi connectivity index (χ1v) is 6.01. The molecule has 1 rings (SSSR count). The zero-order valence-corrected chi connectivity index (χ0v) is 11.1. The highest BCUT2D eigenvalue weighted by molar-refractivity contribution is 5.81. The Balaban J connectivity index is 2.56. The largest absolute Gasteiger partial charge is 0.365 e. The van der Waals surface area contributed by atoms with Gasteiger partial charge in [0.1, 0.15) is 0 Å². The van der Waals surface area contributed by atoms with Crippen molar-refractivity contribution in [2.45, 2.75) is 13.8 Å². The summed E-state index contributed by atoms with van der Waals surface area (Å²) in [6.45, 7) is 5.09. The average Bonchev–Trinajstić information content (AvgIpc) is 2.36. The van der Waals surface area contributed by atoms with Crippen LogP contribution in [-0.4, -0.2) is 26.0 Å². The monoisotopic (exact) mass is 245 g/mol. The van der Waals surface area contributed by atoms with Crippen LogP contribution in [0.2, 0.25) is 0 Å². The van der Waals surface area contributed by atoms with Gasteiger partial charge in [0, 0.05) is 19.3 Å². The maximum absolute atomic E-state index is 11.7. The highest BCUT2D eigenvalue weighted by atomic mass is 16.2. The number of nitriles is 1. The number of amides is 1. The fraction of sp³-hybridized carbons (Fsp3) is 0.429. The van der Waals surface area contributed by atoms with Crippen LogP contribution in [0.3, 0.4) is 0 Å². The Hall–Kier alpha value is -2.02. The zero-order chi connectivity index (χ0) is 13.5. The lowest BCUT2D eigenvalue weighted by Crippen LogP contribution is -2.36. The SMILES string of the molecule is CC(C)CNC(=O)CN(C)c1cccc(C#N)c1. The van der Waals surface area contributed by atoms with Gasteiger partial charge in [0.2, 0.25) is 5.91 Å². The minimum atomic E-state index is -0.00596. The van der Waals surface area contributed by atoms with Crippen molar-refractivity contribution in [1.29, 1.82) is 5.26 Å². The van der Waals surface area contributed by atoms with Crippen molar-refractivity contribution in [2.24, 2.45) is 5.92 Å². The van der Waals surface area contributed by atoms with Gasteiger partial charge in [-0.05, 0) is 24.1 Å². The molecule has 96 valence electrons. The van der Waals surface area contributed by atoms with Gasteiger partial charge in [-0.15, -0.1) is 0 Å². The van der Waals surface area contributed by atoms with Crippen LogP contribution in [0.15, 0.2) is 24.3 Å². The van der Waals surface area contributed by atoms with Gasteiger partial charge < -0.3 is 10.2 Å². The van der Waals surface area contributed by atoms with E-state index in [-0.39, 0.29) is 5.91 Å². The second-order valence-electron chi connectivity index (χ2n) is 4.72. The van der Waals surface area contributed by atoms with Gasteiger partial charge in [0.25, 0.3) is 0 Å². The van der Waals surface area contributed by atoms with E-state index in [0.717, 1.165) is 5.69 Å². The predicted octanol–water partition coefficient (Wildman–Crippen LogP) is 1.77. The molecule has 0 heterocycles. The topological polar surface area (TPSA) is 56.1 Å². The molecule has 0 radical (unpaired) electrons. The number of nitrogens with zero attached hydrogens (tertiary/aromatic N) is 2. The van der Waals surface area contributed by atoms with Gasteiger partial charge in [0.05, 0.1) is 18.2 Å². The van der Waals surface area contributed by atoms with Gasteiger partial charge in [-0.3, -0.25) is 4.79 Å². The van der Waals surface area contributed by atoms with Crippen LogP contribution in [0.25, 0.3) is 0 Å². The van der Waals surface area contributed by atoms with Crippen molar-refractivity contribution in [3.63, 3.8) is 0 Å². The van der Waals surface area contributed by atoms with E-state index in [1.165, 1.54) is 0 Å². The quantitative estimate of drug-likeness (QED) is 0.860. The van der Waals surface area contributed by atoms with Crippen molar-refractivity contribution < 1.29 is 4.79 Å². The molecule has 0 fully saturated rings. The van der Waals surface area contributed by atoms with Gasteiger partial charge in [-0.2, -0.15) is 5.26 Å². The number of carbonyl (C=O) groups excluding carboxylic acids is 1. The first-order valence-electron chi connectivity index (χ1n) is 6.01. The van der Waals surface area contributed by atoms with E-state index in [1.54, 1.807) is 12.1 Å². The van der Waals surface area contributed by atoms with Crippen molar-refractivity contribution in [3.8, 4) is 6.07 Å². The molecule has 1 amide bonds. The standard InChI is InChI=1S/C14H19N3O/c1-11(2)9-16-14(18)10-17(3)13-6-4-5-12(7-13)8-15/h4-7,11H,9-10H2,1-3H3,(H,16,18). The molecule has 0 spiro atoms. The van der Waals surface area contributed by atoms with Crippen LogP contribution >= 0.6 is 0 Å².